The van der Waals surface area contributed by atoms with Crippen molar-refractivity contribution in [1.29, 1.82) is 5.26 Å². The average Bonchev–Trinajstić information content (AvgIpc) is 3.40. The Morgan fingerprint density at radius 2 is 2.07 bits per heavy atom. The van der Waals surface area contributed by atoms with Crippen LogP contribution < -0.4 is 9.64 Å². The second-order valence-electron chi connectivity index (χ2n) is 10.2. The number of rotatable bonds is 9. The molecule has 4 aromatic rings. The molecular formula is C29H29FN6O4S. The van der Waals surface area contributed by atoms with E-state index in [0.29, 0.717) is 29.4 Å². The lowest BCUT2D eigenvalue weighted by molar-refractivity contribution is -0.0591. The molecule has 10 nitrogen and oxygen atoms in total. The minimum atomic E-state index is -0.932. The van der Waals surface area contributed by atoms with Gasteiger partial charge in [0.2, 0.25) is 5.88 Å². The normalized spacial score (nSPS) is 17.7. The Morgan fingerprint density at radius 3 is 2.83 bits per heavy atom. The van der Waals surface area contributed by atoms with Crippen LogP contribution in [0, 0.1) is 17.1 Å². The molecule has 2 aliphatic rings. The number of nitriles is 1. The number of carboxylic acids is 1. The van der Waals surface area contributed by atoms with Crippen LogP contribution in [0.15, 0.2) is 42.5 Å². The Balaban J connectivity index is 1.11. The third-order valence-corrected chi connectivity index (χ3v) is 8.47. The van der Waals surface area contributed by atoms with E-state index in [2.05, 4.69) is 19.4 Å². The van der Waals surface area contributed by atoms with Crippen molar-refractivity contribution < 1.29 is 23.8 Å². The highest BCUT2D eigenvalue weighted by molar-refractivity contribution is 7.20. The fourth-order valence-electron chi connectivity index (χ4n) is 5.13. The molecule has 1 unspecified atom stereocenters. The topological polar surface area (TPSA) is 117 Å². The fraction of sp³-hybridized carbons (Fsp3) is 0.379. The van der Waals surface area contributed by atoms with E-state index in [1.165, 1.54) is 17.4 Å². The number of aromatic carboxylic acids is 1. The summed E-state index contributed by atoms with van der Waals surface area (Å²) >= 11 is 1.21. The summed E-state index contributed by atoms with van der Waals surface area (Å²) in [7, 11) is 0. The van der Waals surface area contributed by atoms with Crippen molar-refractivity contribution in [1.82, 2.24) is 19.4 Å². The van der Waals surface area contributed by atoms with Gasteiger partial charge in [-0.3, -0.25) is 4.90 Å². The first kappa shape index (κ1) is 27.1. The minimum Gasteiger partial charge on any atom is -0.477 e. The maximum atomic E-state index is 14.2. The van der Waals surface area contributed by atoms with Crippen LogP contribution in [-0.2, 0) is 24.4 Å². The maximum Gasteiger partial charge on any atom is 0.346 e. The molecule has 0 spiro atoms. The van der Waals surface area contributed by atoms with Gasteiger partial charge in [-0.05, 0) is 37.1 Å². The zero-order valence-corrected chi connectivity index (χ0v) is 23.1. The Morgan fingerprint density at radius 1 is 1.20 bits per heavy atom. The number of hydrogen-bond donors (Lipinski definition) is 1. The average molecular weight is 577 g/mol. The van der Waals surface area contributed by atoms with Crippen LogP contribution in [0.3, 0.4) is 0 Å². The Hall–Kier alpha value is -4.05. The summed E-state index contributed by atoms with van der Waals surface area (Å²) in [4.78, 5) is 26.7. The van der Waals surface area contributed by atoms with Gasteiger partial charge in [0, 0.05) is 44.4 Å². The molecule has 5 heterocycles. The summed E-state index contributed by atoms with van der Waals surface area (Å²) in [5.41, 5.74) is 1.49. The van der Waals surface area contributed by atoms with Crippen molar-refractivity contribution in [3.8, 4) is 11.9 Å². The molecule has 1 N–H and O–H groups in total. The highest BCUT2D eigenvalue weighted by Crippen LogP contribution is 2.29. The van der Waals surface area contributed by atoms with Gasteiger partial charge in [-0.2, -0.15) is 10.2 Å². The molecule has 3 aromatic heterocycles. The monoisotopic (exact) mass is 576 g/mol. The smallest absolute Gasteiger partial charge is 0.346 e. The number of fused-ring (bicyclic) bond motifs is 1. The summed E-state index contributed by atoms with van der Waals surface area (Å²) < 4.78 is 27.8. The number of aromatic nitrogens is 3. The Labute approximate surface area is 240 Å². The second kappa shape index (κ2) is 11.8. The Kier molecular flexibility index (Phi) is 7.82. The number of carboxylic acid groups (broad SMARTS) is 1. The zero-order chi connectivity index (χ0) is 28.3. The van der Waals surface area contributed by atoms with E-state index in [9.17, 15) is 14.3 Å². The van der Waals surface area contributed by atoms with Crippen molar-refractivity contribution in [2.24, 2.45) is 0 Å². The predicted molar refractivity (Wildman–Crippen MR) is 151 cm³/mol. The molecule has 12 heteroatoms. The first-order valence-electron chi connectivity index (χ1n) is 13.6. The van der Waals surface area contributed by atoms with E-state index in [-0.39, 0.29) is 18.3 Å². The number of pyridine rings is 1. The molecule has 212 valence electrons. The Bertz CT molecular complexity index is 1610. The quantitative estimate of drug-likeness (QED) is 0.312. The highest BCUT2D eigenvalue weighted by Gasteiger charge is 2.25. The maximum absolute atomic E-state index is 14.2. The van der Waals surface area contributed by atoms with Gasteiger partial charge in [0.15, 0.2) is 0 Å². The summed E-state index contributed by atoms with van der Waals surface area (Å²) in [6.45, 7) is 5.42. The van der Waals surface area contributed by atoms with Gasteiger partial charge < -0.3 is 24.0 Å². The molecule has 0 bridgehead atoms. The molecule has 2 fully saturated rings. The number of carbonyl (C=O) groups is 1. The first-order chi connectivity index (χ1) is 20.0. The van der Waals surface area contributed by atoms with Crippen LogP contribution >= 0.6 is 11.3 Å². The third kappa shape index (κ3) is 6.02. The lowest BCUT2D eigenvalue weighted by Gasteiger charge is -2.28. The van der Waals surface area contributed by atoms with Crippen molar-refractivity contribution in [2.45, 2.75) is 38.6 Å². The molecule has 6 rings (SSSR count). The van der Waals surface area contributed by atoms with Crippen LogP contribution in [-0.4, -0.2) is 69.4 Å². The molecule has 0 aliphatic carbocycles. The van der Waals surface area contributed by atoms with Gasteiger partial charge in [0.05, 0.1) is 36.3 Å². The molecule has 2 aliphatic heterocycles. The van der Waals surface area contributed by atoms with Crippen LogP contribution in [0.5, 0.6) is 5.88 Å². The molecule has 1 atom stereocenters. The van der Waals surface area contributed by atoms with E-state index >= 15 is 0 Å². The van der Waals surface area contributed by atoms with Gasteiger partial charge in [-0.25, -0.2) is 14.2 Å². The fourth-order valence-corrected chi connectivity index (χ4v) is 6.02. The molecule has 2 saturated heterocycles. The van der Waals surface area contributed by atoms with Gasteiger partial charge >= 0.3 is 5.97 Å². The van der Waals surface area contributed by atoms with E-state index in [4.69, 9.17) is 19.7 Å². The minimum absolute atomic E-state index is 0.0196. The van der Waals surface area contributed by atoms with E-state index in [1.54, 1.807) is 24.3 Å². The van der Waals surface area contributed by atoms with Gasteiger partial charge in [0.25, 0.3) is 0 Å². The lowest BCUT2D eigenvalue weighted by Crippen LogP contribution is -2.34. The summed E-state index contributed by atoms with van der Waals surface area (Å²) in [5.74, 6) is 0.730. The van der Waals surface area contributed by atoms with Crippen molar-refractivity contribution in [2.75, 3.05) is 37.7 Å². The van der Waals surface area contributed by atoms with Crippen LogP contribution in [0.2, 0.25) is 0 Å². The summed E-state index contributed by atoms with van der Waals surface area (Å²) in [6.07, 6.45) is 2.06. The number of halogens is 1. The number of benzene rings is 1. The standard InChI is InChI=1S/C29H29FN6O4S/c30-22-13-19(15-31)5-6-20(22)18-40-27-4-1-3-25(32-27)35-9-2-8-34(10-11-35)17-26-33-28-23(14-24(41-28)29(37)38)36(26)16-21-7-12-39-21/h1,3-6,13-14,21H,2,7-12,16-18H2,(H,37,38). The van der Waals surface area contributed by atoms with Gasteiger partial charge in [-0.1, -0.05) is 12.1 Å². The number of imidazole rings is 1. The van der Waals surface area contributed by atoms with Gasteiger partial charge in [0.1, 0.15) is 33.8 Å². The van der Waals surface area contributed by atoms with E-state index in [0.717, 1.165) is 67.6 Å². The van der Waals surface area contributed by atoms with Crippen molar-refractivity contribution in [3.05, 3.63) is 70.1 Å². The third-order valence-electron chi connectivity index (χ3n) is 7.46. The van der Waals surface area contributed by atoms with E-state index in [1.807, 2.05) is 18.2 Å². The van der Waals surface area contributed by atoms with Crippen LogP contribution in [0.4, 0.5) is 10.2 Å². The second-order valence-corrected chi connectivity index (χ2v) is 11.2. The van der Waals surface area contributed by atoms with E-state index < -0.39 is 11.8 Å². The summed E-state index contributed by atoms with van der Waals surface area (Å²) in [5, 5.41) is 18.4. The molecule has 0 radical (unpaired) electrons. The van der Waals surface area contributed by atoms with Crippen molar-refractivity contribution in [3.63, 3.8) is 0 Å². The zero-order valence-electron chi connectivity index (χ0n) is 22.3. The number of ether oxygens (including phenoxy) is 2. The first-order valence-corrected chi connectivity index (χ1v) is 14.4. The molecule has 0 saturated carbocycles. The largest absolute Gasteiger partial charge is 0.477 e. The number of nitrogens with zero attached hydrogens (tertiary/aromatic N) is 6. The molecular weight excluding hydrogens is 547 g/mol. The molecule has 41 heavy (non-hydrogen) atoms. The van der Waals surface area contributed by atoms with Gasteiger partial charge in [-0.15, -0.1) is 11.3 Å². The van der Waals surface area contributed by atoms with Crippen LogP contribution in [0.25, 0.3) is 10.3 Å². The summed E-state index contributed by atoms with van der Waals surface area (Å²) in [6, 6.07) is 13.6. The molecule has 1 aromatic carbocycles. The predicted octanol–water partition coefficient (Wildman–Crippen LogP) is 4.28. The number of hydrogen-bond acceptors (Lipinski definition) is 9. The molecule has 0 amide bonds. The number of thiophene rings is 1. The SMILES string of the molecule is N#Cc1ccc(COc2cccc(N3CCCN(Cc4nc5sc(C(=O)O)cc5n4CC4CCO4)CC3)n2)c(F)c1. The van der Waals surface area contributed by atoms with Crippen molar-refractivity contribution >= 4 is 33.5 Å². The van der Waals surface area contributed by atoms with Crippen LogP contribution in [0.1, 0.15) is 39.5 Å². The highest BCUT2D eigenvalue weighted by atomic mass is 32.1. The lowest BCUT2D eigenvalue weighted by atomic mass is 10.1. The number of anilines is 1.